The summed E-state index contributed by atoms with van der Waals surface area (Å²) in [5.74, 6) is 0.134. The molecule has 190 valence electrons. The fourth-order valence-corrected chi connectivity index (χ4v) is 3.99. The Labute approximate surface area is 211 Å². The van der Waals surface area contributed by atoms with Crippen molar-refractivity contribution in [2.24, 2.45) is 0 Å². The number of Topliss-reactive ketones (excluding diaryl/α,β-unsaturated/α-hetero) is 1. The molecule has 0 fully saturated rings. The number of phenolic OH excluding ortho intramolecular Hbond substituents is 1. The summed E-state index contributed by atoms with van der Waals surface area (Å²) in [5, 5.41) is 11.0. The summed E-state index contributed by atoms with van der Waals surface area (Å²) in [6.07, 6.45) is 1.93. The number of ketones is 1. The molecule has 35 heavy (non-hydrogen) atoms. The number of hydrogen-bond acceptors (Lipinski definition) is 4. The Morgan fingerprint density at radius 2 is 1.14 bits per heavy atom. The average Bonchev–Trinajstić information content (AvgIpc) is 2.65. The zero-order valence-corrected chi connectivity index (χ0v) is 23.6. The van der Waals surface area contributed by atoms with E-state index < -0.39 is 5.97 Å². The van der Waals surface area contributed by atoms with Gasteiger partial charge in [-0.2, -0.15) is 0 Å². The van der Waals surface area contributed by atoms with Crippen molar-refractivity contribution >= 4 is 17.8 Å². The third-order valence-corrected chi connectivity index (χ3v) is 5.93. The van der Waals surface area contributed by atoms with Crippen LogP contribution in [0.2, 0.25) is 0 Å². The van der Waals surface area contributed by atoms with Crippen LogP contribution in [0.5, 0.6) is 11.5 Å². The predicted molar refractivity (Wildman–Crippen MR) is 145 cm³/mol. The predicted octanol–water partition coefficient (Wildman–Crippen LogP) is 8.13. The van der Waals surface area contributed by atoms with E-state index >= 15 is 0 Å². The summed E-state index contributed by atoms with van der Waals surface area (Å²) in [7, 11) is 0. The first-order valence-electron chi connectivity index (χ1n) is 12.2. The van der Waals surface area contributed by atoms with Crippen molar-refractivity contribution in [3.63, 3.8) is 0 Å². The highest BCUT2D eigenvalue weighted by atomic mass is 16.5. The zero-order chi connectivity index (χ0) is 27.1. The first-order valence-corrected chi connectivity index (χ1v) is 12.2. The topological polar surface area (TPSA) is 63.6 Å². The van der Waals surface area contributed by atoms with Crippen LogP contribution in [0.4, 0.5) is 0 Å². The minimum atomic E-state index is -0.495. The lowest BCUT2D eigenvalue weighted by molar-refractivity contribution is 0.0731. The first-order chi connectivity index (χ1) is 15.7. The molecule has 0 bridgehead atoms. The Bertz CT molecular complexity index is 1140. The van der Waals surface area contributed by atoms with Crippen molar-refractivity contribution in [3.8, 4) is 11.5 Å². The van der Waals surface area contributed by atoms with Crippen molar-refractivity contribution in [3.05, 3.63) is 63.2 Å². The van der Waals surface area contributed by atoms with Gasteiger partial charge in [0.2, 0.25) is 0 Å². The van der Waals surface area contributed by atoms with Gasteiger partial charge in [0, 0.05) is 27.8 Å². The Morgan fingerprint density at radius 1 is 0.714 bits per heavy atom. The number of esters is 1. The van der Waals surface area contributed by atoms with Crippen LogP contribution in [-0.2, 0) is 16.2 Å². The van der Waals surface area contributed by atoms with Gasteiger partial charge in [-0.15, -0.1) is 0 Å². The van der Waals surface area contributed by atoms with Gasteiger partial charge in [0.05, 0.1) is 5.56 Å². The number of carbonyl (C=O) groups excluding carboxylic acids is 2. The highest BCUT2D eigenvalue weighted by Crippen LogP contribution is 2.41. The maximum atomic E-state index is 13.6. The van der Waals surface area contributed by atoms with Crippen LogP contribution in [0, 0.1) is 0 Å². The molecule has 2 rings (SSSR count). The van der Waals surface area contributed by atoms with Crippen LogP contribution >= 0.6 is 0 Å². The smallest absolute Gasteiger partial charge is 0.343 e. The van der Waals surface area contributed by atoms with E-state index in [0.29, 0.717) is 33.6 Å². The molecular formula is C31H42O4. The number of phenols is 1. The van der Waals surface area contributed by atoms with Crippen molar-refractivity contribution in [2.75, 3.05) is 0 Å². The zero-order valence-electron chi connectivity index (χ0n) is 23.6. The second kappa shape index (κ2) is 9.64. The molecule has 1 N–H and O–H groups in total. The standard InChI is InChI=1S/C31H42O4/c1-18(2)13-21-14-20(19(3)32)15-25(31(10,11)12)27(21)35-28(34)22-16-23(29(4,5)6)26(33)24(17-22)30(7,8)9/h13-17,33H,1-12H3. The highest BCUT2D eigenvalue weighted by Gasteiger charge is 2.30. The largest absolute Gasteiger partial charge is 0.507 e. The summed E-state index contributed by atoms with van der Waals surface area (Å²) in [6.45, 7) is 23.6. The Balaban J connectivity index is 2.80. The summed E-state index contributed by atoms with van der Waals surface area (Å²) in [6, 6.07) is 7.07. The van der Waals surface area contributed by atoms with Gasteiger partial charge >= 0.3 is 5.97 Å². The molecule has 0 radical (unpaired) electrons. The van der Waals surface area contributed by atoms with Crippen molar-refractivity contribution < 1.29 is 19.4 Å². The van der Waals surface area contributed by atoms with E-state index in [-0.39, 0.29) is 27.8 Å². The highest BCUT2D eigenvalue weighted by molar-refractivity contribution is 5.97. The molecule has 0 saturated heterocycles. The lowest BCUT2D eigenvalue weighted by Gasteiger charge is -2.28. The molecule has 0 heterocycles. The van der Waals surface area contributed by atoms with E-state index in [1.54, 1.807) is 18.2 Å². The van der Waals surface area contributed by atoms with Crippen LogP contribution in [-0.4, -0.2) is 16.9 Å². The van der Waals surface area contributed by atoms with Gasteiger partial charge in [-0.3, -0.25) is 4.79 Å². The molecule has 0 amide bonds. The Kier molecular flexibility index (Phi) is 7.81. The summed E-state index contributed by atoms with van der Waals surface area (Å²) >= 11 is 0. The molecule has 0 aliphatic carbocycles. The fourth-order valence-electron chi connectivity index (χ4n) is 3.99. The monoisotopic (exact) mass is 478 g/mol. The summed E-state index contributed by atoms with van der Waals surface area (Å²) in [5.41, 5.74) is 3.77. The second-order valence-electron chi connectivity index (χ2n) is 12.8. The van der Waals surface area contributed by atoms with Crippen LogP contribution in [0.25, 0.3) is 6.08 Å². The lowest BCUT2D eigenvalue weighted by Crippen LogP contribution is -2.21. The van der Waals surface area contributed by atoms with Crippen molar-refractivity contribution in [2.45, 2.75) is 99.3 Å². The lowest BCUT2D eigenvalue weighted by atomic mass is 9.78. The minimum absolute atomic E-state index is 0.0417. The van der Waals surface area contributed by atoms with Crippen LogP contribution in [0.3, 0.4) is 0 Å². The molecule has 2 aromatic carbocycles. The third-order valence-electron chi connectivity index (χ3n) is 5.93. The van der Waals surface area contributed by atoms with Gasteiger partial charge in [-0.25, -0.2) is 4.79 Å². The molecule has 2 aromatic rings. The molecule has 0 aromatic heterocycles. The van der Waals surface area contributed by atoms with Gasteiger partial charge in [-0.05, 0) is 61.3 Å². The molecule has 0 spiro atoms. The van der Waals surface area contributed by atoms with Gasteiger partial charge in [-0.1, -0.05) is 74.0 Å². The van der Waals surface area contributed by atoms with Gasteiger partial charge in [0.15, 0.2) is 5.78 Å². The van der Waals surface area contributed by atoms with Gasteiger partial charge < -0.3 is 9.84 Å². The molecule has 0 saturated carbocycles. The molecule has 0 aliphatic heterocycles. The van der Waals surface area contributed by atoms with E-state index in [1.165, 1.54) is 6.92 Å². The van der Waals surface area contributed by atoms with E-state index in [4.69, 9.17) is 4.74 Å². The molecule has 4 heteroatoms. The normalized spacial score (nSPS) is 12.3. The first kappa shape index (κ1) is 28.4. The van der Waals surface area contributed by atoms with E-state index in [9.17, 15) is 14.7 Å². The molecule has 0 atom stereocenters. The second-order valence-corrected chi connectivity index (χ2v) is 12.8. The number of aromatic hydroxyl groups is 1. The van der Waals surface area contributed by atoms with Gasteiger partial charge in [0.25, 0.3) is 0 Å². The molecule has 0 aliphatic rings. The maximum Gasteiger partial charge on any atom is 0.343 e. The van der Waals surface area contributed by atoms with Crippen LogP contribution in [0.1, 0.15) is 126 Å². The number of benzene rings is 2. The summed E-state index contributed by atoms with van der Waals surface area (Å²) in [4.78, 5) is 25.9. The van der Waals surface area contributed by atoms with Gasteiger partial charge in [0.1, 0.15) is 11.5 Å². The summed E-state index contributed by atoms with van der Waals surface area (Å²) < 4.78 is 6.12. The number of rotatable bonds is 4. The van der Waals surface area contributed by atoms with Crippen LogP contribution < -0.4 is 4.74 Å². The SMILES string of the molecule is CC(=O)c1cc(C=C(C)C)c(OC(=O)c2cc(C(C)(C)C)c(O)c(C(C)(C)C)c2)c(C(C)(C)C)c1. The third kappa shape index (κ3) is 6.62. The average molecular weight is 479 g/mol. The maximum absolute atomic E-state index is 13.6. The van der Waals surface area contributed by atoms with Crippen molar-refractivity contribution in [1.29, 1.82) is 0 Å². The quantitative estimate of drug-likeness (QED) is 0.274. The molecule has 0 unspecified atom stereocenters. The van der Waals surface area contributed by atoms with E-state index in [0.717, 1.165) is 11.1 Å². The van der Waals surface area contributed by atoms with E-state index in [1.807, 2.05) is 88.3 Å². The van der Waals surface area contributed by atoms with Crippen LogP contribution in [0.15, 0.2) is 29.8 Å². The number of ether oxygens (including phenoxy) is 1. The fraction of sp³-hybridized carbons (Fsp3) is 0.484. The molecule has 4 nitrogen and oxygen atoms in total. The Hall–Kier alpha value is -2.88. The molecular weight excluding hydrogens is 436 g/mol. The van der Waals surface area contributed by atoms with E-state index in [2.05, 4.69) is 0 Å². The van der Waals surface area contributed by atoms with Crippen molar-refractivity contribution in [1.82, 2.24) is 0 Å². The number of hydrogen-bond donors (Lipinski definition) is 1. The number of carbonyl (C=O) groups is 2. The minimum Gasteiger partial charge on any atom is -0.507 e. The number of allylic oxidation sites excluding steroid dienone is 1. The Morgan fingerprint density at radius 3 is 1.51 bits per heavy atom.